The smallest absolute Gasteiger partial charge is 0.259 e. The molecule has 0 atom stereocenters. The van der Waals surface area contributed by atoms with Crippen molar-refractivity contribution >= 4 is 15.7 Å². The molecular weight excluding hydrogens is 170 g/mol. The average molecular weight is 175 g/mol. The zero-order valence-corrected chi connectivity index (χ0v) is 6.11. The van der Waals surface area contributed by atoms with Crippen LogP contribution in [0.3, 0.4) is 0 Å². The van der Waals surface area contributed by atoms with Gasteiger partial charge in [-0.1, -0.05) is 0 Å². The topological polar surface area (TPSA) is 125 Å². The van der Waals surface area contributed by atoms with Gasteiger partial charge >= 0.3 is 0 Å². The highest BCUT2D eigenvalue weighted by Crippen LogP contribution is 2.08. The summed E-state index contributed by atoms with van der Waals surface area (Å²) < 4.78 is 21.2. The quantitative estimate of drug-likeness (QED) is 0.513. The summed E-state index contributed by atoms with van der Waals surface area (Å²) in [5.74, 6) is 0. The summed E-state index contributed by atoms with van der Waals surface area (Å²) >= 11 is 0. The summed E-state index contributed by atoms with van der Waals surface area (Å²) in [6, 6.07) is 0. The maximum Gasteiger partial charge on any atom is 0.259 e. The van der Waals surface area contributed by atoms with Gasteiger partial charge in [0.1, 0.15) is 0 Å². The van der Waals surface area contributed by atoms with E-state index in [1.165, 1.54) is 0 Å². The third-order valence-corrected chi connectivity index (χ3v) is 1.76. The second kappa shape index (κ2) is 2.40. The molecule has 0 bridgehead atoms. The maximum absolute atomic E-state index is 10.6. The number of anilines is 1. The van der Waals surface area contributed by atoms with E-state index in [0.29, 0.717) is 0 Å². The summed E-state index contributed by atoms with van der Waals surface area (Å²) in [7, 11) is -3.87. The number of nitrogens with two attached hydrogens (primary N) is 2. The van der Waals surface area contributed by atoms with Crippen molar-refractivity contribution in [2.24, 2.45) is 5.14 Å². The van der Waals surface area contributed by atoms with Crippen LogP contribution in [-0.2, 0) is 10.0 Å². The molecule has 0 aliphatic carbocycles. The Morgan fingerprint density at radius 2 is 2.09 bits per heavy atom. The first-order chi connectivity index (χ1) is 5.02. The van der Waals surface area contributed by atoms with Crippen LogP contribution in [0.25, 0.3) is 0 Å². The van der Waals surface area contributed by atoms with Crippen LogP contribution in [0.5, 0.6) is 0 Å². The molecule has 1 rings (SSSR count). The van der Waals surface area contributed by atoms with Crippen molar-refractivity contribution in [2.75, 3.05) is 5.73 Å². The Kier molecular flexibility index (Phi) is 1.71. The van der Waals surface area contributed by atoms with Crippen LogP contribution < -0.4 is 10.9 Å². The third kappa shape index (κ3) is 1.59. The fraction of sp³-hybridized carbons (Fsp3) is 0. The SMILES string of the molecule is Nc1cnnnc1S(N)(=O)=O. The number of primary sulfonamides is 1. The molecule has 1 aromatic rings. The van der Waals surface area contributed by atoms with Gasteiger partial charge in [0.2, 0.25) is 5.03 Å². The zero-order valence-electron chi connectivity index (χ0n) is 5.30. The van der Waals surface area contributed by atoms with Gasteiger partial charge in [0, 0.05) is 0 Å². The van der Waals surface area contributed by atoms with Gasteiger partial charge in [-0.15, -0.1) is 10.2 Å². The highest BCUT2D eigenvalue weighted by atomic mass is 32.2. The van der Waals surface area contributed by atoms with E-state index in [1.54, 1.807) is 0 Å². The number of hydrogen-bond donors (Lipinski definition) is 2. The van der Waals surface area contributed by atoms with Crippen molar-refractivity contribution in [1.29, 1.82) is 0 Å². The fourth-order valence-electron chi connectivity index (χ4n) is 0.489. The predicted molar refractivity (Wildman–Crippen MR) is 35.6 cm³/mol. The van der Waals surface area contributed by atoms with Gasteiger partial charge in [0.25, 0.3) is 10.0 Å². The van der Waals surface area contributed by atoms with E-state index in [4.69, 9.17) is 10.9 Å². The van der Waals surface area contributed by atoms with Gasteiger partial charge in [-0.25, -0.2) is 13.6 Å². The van der Waals surface area contributed by atoms with Gasteiger partial charge < -0.3 is 5.73 Å². The monoisotopic (exact) mass is 175 g/mol. The minimum atomic E-state index is -3.87. The second-order valence-electron chi connectivity index (χ2n) is 1.74. The molecule has 0 saturated heterocycles. The molecule has 0 spiro atoms. The van der Waals surface area contributed by atoms with Crippen molar-refractivity contribution in [2.45, 2.75) is 5.03 Å². The molecule has 4 N–H and O–H groups in total. The number of nitrogen functional groups attached to an aromatic ring is 1. The molecule has 8 heteroatoms. The molecule has 1 heterocycles. The molecule has 1 aromatic heterocycles. The van der Waals surface area contributed by atoms with Gasteiger partial charge in [-0.2, -0.15) is 0 Å². The van der Waals surface area contributed by atoms with Gasteiger partial charge in [0.05, 0.1) is 11.9 Å². The van der Waals surface area contributed by atoms with Gasteiger partial charge in [-0.05, 0) is 5.21 Å². The van der Waals surface area contributed by atoms with E-state index in [0.717, 1.165) is 6.20 Å². The number of aromatic nitrogens is 3. The normalized spacial score (nSPS) is 11.4. The maximum atomic E-state index is 10.6. The zero-order chi connectivity index (χ0) is 8.48. The van der Waals surface area contributed by atoms with E-state index < -0.39 is 15.0 Å². The Bertz CT molecular complexity index is 360. The van der Waals surface area contributed by atoms with E-state index in [9.17, 15) is 8.42 Å². The van der Waals surface area contributed by atoms with Crippen LogP contribution in [0.15, 0.2) is 11.2 Å². The number of rotatable bonds is 1. The molecule has 11 heavy (non-hydrogen) atoms. The summed E-state index contributed by atoms with van der Waals surface area (Å²) in [5, 5.41) is 13.7. The summed E-state index contributed by atoms with van der Waals surface area (Å²) in [6.07, 6.45) is 1.06. The Hall–Kier alpha value is -1.28. The summed E-state index contributed by atoms with van der Waals surface area (Å²) in [5.41, 5.74) is 5.07. The minimum Gasteiger partial charge on any atom is -0.395 e. The minimum absolute atomic E-state index is 0.109. The van der Waals surface area contributed by atoms with Crippen LogP contribution in [0, 0.1) is 0 Å². The third-order valence-electron chi connectivity index (χ3n) is 0.900. The Morgan fingerprint density at radius 1 is 1.45 bits per heavy atom. The first-order valence-electron chi connectivity index (χ1n) is 2.48. The molecule has 60 valence electrons. The van der Waals surface area contributed by atoms with Gasteiger partial charge in [0.15, 0.2) is 0 Å². The van der Waals surface area contributed by atoms with Crippen LogP contribution >= 0.6 is 0 Å². The number of hydrogen-bond acceptors (Lipinski definition) is 6. The Labute approximate surface area is 62.5 Å². The predicted octanol–water partition coefficient (Wildman–Crippen LogP) is -1.90. The molecule has 0 fully saturated rings. The van der Waals surface area contributed by atoms with E-state index >= 15 is 0 Å². The first kappa shape index (κ1) is 7.82. The first-order valence-corrected chi connectivity index (χ1v) is 4.03. The fourth-order valence-corrected chi connectivity index (χ4v) is 1.02. The summed E-state index contributed by atoms with van der Waals surface area (Å²) in [4.78, 5) is 0. The molecule has 7 nitrogen and oxygen atoms in total. The number of nitrogens with zero attached hydrogens (tertiary/aromatic N) is 3. The standard InChI is InChI=1S/C3H5N5O2S/c4-2-1-6-8-7-3(2)11(5,9)10/h1H,(H2,4,8)(H2,5,9,10). The van der Waals surface area contributed by atoms with Crippen molar-refractivity contribution in [3.63, 3.8) is 0 Å². The molecule has 0 amide bonds. The van der Waals surface area contributed by atoms with Crippen molar-refractivity contribution in [1.82, 2.24) is 15.4 Å². The molecule has 0 aliphatic heterocycles. The van der Waals surface area contributed by atoms with Crippen LogP contribution in [0.2, 0.25) is 0 Å². The lowest BCUT2D eigenvalue weighted by Crippen LogP contribution is -2.17. The lowest BCUT2D eigenvalue weighted by Gasteiger charge is -1.96. The highest BCUT2D eigenvalue weighted by molar-refractivity contribution is 7.89. The number of sulfonamides is 1. The molecule has 0 saturated carbocycles. The largest absolute Gasteiger partial charge is 0.395 e. The Morgan fingerprint density at radius 3 is 2.45 bits per heavy atom. The van der Waals surface area contributed by atoms with Crippen LogP contribution in [0.1, 0.15) is 0 Å². The van der Waals surface area contributed by atoms with Crippen molar-refractivity contribution < 1.29 is 8.42 Å². The highest BCUT2D eigenvalue weighted by Gasteiger charge is 2.13. The molecule has 0 radical (unpaired) electrons. The van der Waals surface area contributed by atoms with Crippen molar-refractivity contribution in [3.05, 3.63) is 6.20 Å². The van der Waals surface area contributed by atoms with E-state index in [2.05, 4.69) is 15.4 Å². The van der Waals surface area contributed by atoms with E-state index in [1.807, 2.05) is 0 Å². The Balaban J connectivity index is 3.37. The average Bonchev–Trinajstić information content (AvgIpc) is 1.86. The molecule has 0 aromatic carbocycles. The summed E-state index contributed by atoms with van der Waals surface area (Å²) in [6.45, 7) is 0. The molecular formula is C3H5N5O2S. The van der Waals surface area contributed by atoms with Gasteiger partial charge in [-0.3, -0.25) is 0 Å². The van der Waals surface area contributed by atoms with E-state index in [-0.39, 0.29) is 5.69 Å². The molecule has 0 aliphatic rings. The lowest BCUT2D eigenvalue weighted by molar-refractivity contribution is 0.590. The lowest BCUT2D eigenvalue weighted by atomic mass is 10.6. The van der Waals surface area contributed by atoms with Crippen LogP contribution in [0.4, 0.5) is 5.69 Å². The van der Waals surface area contributed by atoms with Crippen molar-refractivity contribution in [3.8, 4) is 0 Å². The van der Waals surface area contributed by atoms with Crippen LogP contribution in [-0.4, -0.2) is 23.8 Å². The molecule has 0 unspecified atom stereocenters. The second-order valence-corrected chi connectivity index (χ2v) is 3.22.